The van der Waals surface area contributed by atoms with Crippen LogP contribution in [0.5, 0.6) is 0 Å². The summed E-state index contributed by atoms with van der Waals surface area (Å²) in [5.41, 5.74) is 1.54. The quantitative estimate of drug-likeness (QED) is 0.727. The van der Waals surface area contributed by atoms with Crippen molar-refractivity contribution in [3.8, 4) is 0 Å². The molecule has 2 aromatic rings. The third kappa shape index (κ3) is 5.32. The number of halogens is 1. The molecule has 0 aliphatic heterocycles. The van der Waals surface area contributed by atoms with Crippen LogP contribution >= 0.6 is 11.6 Å². The molecule has 26 heavy (non-hydrogen) atoms. The van der Waals surface area contributed by atoms with Gasteiger partial charge in [0.1, 0.15) is 0 Å². The molecule has 0 bridgehead atoms. The number of carbonyl (C=O) groups is 3. The Morgan fingerprint density at radius 2 is 1.69 bits per heavy atom. The second-order valence-corrected chi connectivity index (χ2v) is 6.12. The first kappa shape index (κ1) is 19.5. The van der Waals surface area contributed by atoms with E-state index in [4.69, 9.17) is 11.6 Å². The molecule has 0 spiro atoms. The molecule has 3 N–H and O–H groups in total. The zero-order chi connectivity index (χ0) is 19.1. The molecule has 7 heteroatoms. The number of hydrogen-bond acceptors (Lipinski definition) is 3. The van der Waals surface area contributed by atoms with Crippen molar-refractivity contribution in [3.63, 3.8) is 0 Å². The van der Waals surface area contributed by atoms with Gasteiger partial charge in [-0.25, -0.2) is 0 Å². The summed E-state index contributed by atoms with van der Waals surface area (Å²) in [5.74, 6) is -0.865. The summed E-state index contributed by atoms with van der Waals surface area (Å²) in [5, 5.41) is 8.59. The van der Waals surface area contributed by atoms with Crippen molar-refractivity contribution in [2.75, 3.05) is 12.4 Å². The third-order valence-corrected chi connectivity index (χ3v) is 3.96. The zero-order valence-electron chi connectivity index (χ0n) is 14.5. The molecule has 136 valence electrons. The molecule has 0 fully saturated rings. The first-order valence-electron chi connectivity index (χ1n) is 8.04. The molecule has 0 aromatic heterocycles. The predicted octanol–water partition coefficient (Wildman–Crippen LogP) is 2.91. The number of benzene rings is 2. The molecular weight excluding hydrogens is 354 g/mol. The average molecular weight is 374 g/mol. The first-order valence-corrected chi connectivity index (χ1v) is 8.42. The Labute approximate surface area is 156 Å². The SMILES string of the molecule is CNC(=O)c1ccccc1NC(=O)CC(NC(C)=O)c1ccc(Cl)cc1. The lowest BCUT2D eigenvalue weighted by Crippen LogP contribution is -2.30. The summed E-state index contributed by atoms with van der Waals surface area (Å²) < 4.78 is 0. The van der Waals surface area contributed by atoms with Crippen molar-refractivity contribution in [2.45, 2.75) is 19.4 Å². The Bertz CT molecular complexity index is 806. The Morgan fingerprint density at radius 3 is 2.31 bits per heavy atom. The summed E-state index contributed by atoms with van der Waals surface area (Å²) >= 11 is 5.89. The monoisotopic (exact) mass is 373 g/mol. The van der Waals surface area contributed by atoms with Gasteiger partial charge in [0.05, 0.1) is 23.7 Å². The van der Waals surface area contributed by atoms with E-state index < -0.39 is 6.04 Å². The van der Waals surface area contributed by atoms with Crippen molar-refractivity contribution < 1.29 is 14.4 Å². The summed E-state index contributed by atoms with van der Waals surface area (Å²) in [6, 6.07) is 13.1. The minimum absolute atomic E-state index is 0.0172. The number of nitrogens with one attached hydrogen (secondary N) is 3. The van der Waals surface area contributed by atoms with Crippen molar-refractivity contribution in [3.05, 3.63) is 64.7 Å². The van der Waals surface area contributed by atoms with Crippen LogP contribution in [0, 0.1) is 0 Å². The first-order chi connectivity index (χ1) is 12.4. The van der Waals surface area contributed by atoms with Crippen LogP contribution in [-0.2, 0) is 9.59 Å². The normalized spacial score (nSPS) is 11.3. The number of para-hydroxylation sites is 1. The Balaban J connectivity index is 2.16. The van der Waals surface area contributed by atoms with E-state index in [1.807, 2.05) is 0 Å². The molecule has 0 heterocycles. The van der Waals surface area contributed by atoms with Gasteiger partial charge in [-0.15, -0.1) is 0 Å². The summed E-state index contributed by atoms with van der Waals surface area (Å²) in [6.07, 6.45) is 0.0172. The van der Waals surface area contributed by atoms with Crippen LogP contribution in [0.1, 0.15) is 35.3 Å². The highest BCUT2D eigenvalue weighted by atomic mass is 35.5. The molecule has 0 aliphatic carbocycles. The highest BCUT2D eigenvalue weighted by molar-refractivity contribution is 6.30. The third-order valence-electron chi connectivity index (χ3n) is 3.71. The van der Waals surface area contributed by atoms with Crippen LogP contribution in [-0.4, -0.2) is 24.8 Å². The van der Waals surface area contributed by atoms with E-state index in [2.05, 4.69) is 16.0 Å². The minimum Gasteiger partial charge on any atom is -0.355 e. The van der Waals surface area contributed by atoms with E-state index in [9.17, 15) is 14.4 Å². The van der Waals surface area contributed by atoms with Gasteiger partial charge in [-0.2, -0.15) is 0 Å². The standard InChI is InChI=1S/C19H20ClN3O3/c1-12(24)22-17(13-7-9-14(20)10-8-13)11-18(25)23-16-6-4-3-5-15(16)19(26)21-2/h3-10,17H,11H2,1-2H3,(H,21,26)(H,22,24)(H,23,25). The highest BCUT2D eigenvalue weighted by Gasteiger charge is 2.19. The molecule has 2 rings (SSSR count). The molecule has 0 radical (unpaired) electrons. The minimum atomic E-state index is -0.503. The fourth-order valence-corrected chi connectivity index (χ4v) is 2.63. The zero-order valence-corrected chi connectivity index (χ0v) is 15.3. The second-order valence-electron chi connectivity index (χ2n) is 5.68. The maximum absolute atomic E-state index is 12.5. The van der Waals surface area contributed by atoms with Gasteiger partial charge in [-0.1, -0.05) is 35.9 Å². The van der Waals surface area contributed by atoms with Gasteiger partial charge in [-0.05, 0) is 29.8 Å². The van der Waals surface area contributed by atoms with Gasteiger partial charge in [0.2, 0.25) is 11.8 Å². The predicted molar refractivity (Wildman–Crippen MR) is 101 cm³/mol. The number of amides is 3. The van der Waals surface area contributed by atoms with Crippen molar-refractivity contribution in [1.29, 1.82) is 0 Å². The summed E-state index contributed by atoms with van der Waals surface area (Å²) in [6.45, 7) is 1.39. The van der Waals surface area contributed by atoms with E-state index in [-0.39, 0.29) is 24.1 Å². The van der Waals surface area contributed by atoms with Gasteiger partial charge in [-0.3, -0.25) is 14.4 Å². The molecule has 0 saturated heterocycles. The number of rotatable bonds is 6. The van der Waals surface area contributed by atoms with Crippen LogP contribution < -0.4 is 16.0 Å². The van der Waals surface area contributed by atoms with Gasteiger partial charge >= 0.3 is 0 Å². The maximum Gasteiger partial charge on any atom is 0.253 e. The summed E-state index contributed by atoms with van der Waals surface area (Å²) in [4.78, 5) is 35.9. The van der Waals surface area contributed by atoms with Gasteiger partial charge in [0, 0.05) is 19.0 Å². The molecule has 2 aromatic carbocycles. The van der Waals surface area contributed by atoms with Crippen LogP contribution in [0.25, 0.3) is 0 Å². The van der Waals surface area contributed by atoms with E-state index >= 15 is 0 Å². The van der Waals surface area contributed by atoms with Crippen LogP contribution in [0.3, 0.4) is 0 Å². The fourth-order valence-electron chi connectivity index (χ4n) is 2.50. The Morgan fingerprint density at radius 1 is 1.04 bits per heavy atom. The van der Waals surface area contributed by atoms with Crippen LogP contribution in [0.4, 0.5) is 5.69 Å². The van der Waals surface area contributed by atoms with E-state index in [0.717, 1.165) is 5.56 Å². The Kier molecular flexibility index (Phi) is 6.74. The van der Waals surface area contributed by atoms with Crippen molar-refractivity contribution in [2.24, 2.45) is 0 Å². The molecule has 0 saturated carbocycles. The van der Waals surface area contributed by atoms with E-state index in [0.29, 0.717) is 16.3 Å². The Hall–Kier alpha value is -2.86. The molecule has 1 atom stereocenters. The number of carbonyl (C=O) groups excluding carboxylic acids is 3. The molecular formula is C19H20ClN3O3. The highest BCUT2D eigenvalue weighted by Crippen LogP contribution is 2.21. The van der Waals surface area contributed by atoms with E-state index in [1.165, 1.54) is 14.0 Å². The smallest absolute Gasteiger partial charge is 0.253 e. The lowest BCUT2D eigenvalue weighted by atomic mass is 10.0. The molecule has 3 amide bonds. The number of hydrogen-bond donors (Lipinski definition) is 3. The maximum atomic E-state index is 12.5. The second kappa shape index (κ2) is 9.01. The van der Waals surface area contributed by atoms with Gasteiger partial charge in [0.15, 0.2) is 0 Å². The number of anilines is 1. The van der Waals surface area contributed by atoms with Crippen molar-refractivity contribution >= 4 is 35.0 Å². The summed E-state index contributed by atoms with van der Waals surface area (Å²) in [7, 11) is 1.52. The molecule has 0 aliphatic rings. The molecule has 6 nitrogen and oxygen atoms in total. The largest absolute Gasteiger partial charge is 0.355 e. The van der Waals surface area contributed by atoms with Crippen LogP contribution in [0.15, 0.2) is 48.5 Å². The van der Waals surface area contributed by atoms with Gasteiger partial charge < -0.3 is 16.0 Å². The topological polar surface area (TPSA) is 87.3 Å². The fraction of sp³-hybridized carbons (Fsp3) is 0.211. The average Bonchev–Trinajstić information content (AvgIpc) is 2.61. The van der Waals surface area contributed by atoms with Crippen LogP contribution in [0.2, 0.25) is 5.02 Å². The lowest BCUT2D eigenvalue weighted by Gasteiger charge is -2.19. The van der Waals surface area contributed by atoms with Crippen molar-refractivity contribution in [1.82, 2.24) is 10.6 Å². The van der Waals surface area contributed by atoms with E-state index in [1.54, 1.807) is 48.5 Å². The molecule has 1 unspecified atom stereocenters. The lowest BCUT2D eigenvalue weighted by molar-refractivity contribution is -0.120. The van der Waals surface area contributed by atoms with Gasteiger partial charge in [0.25, 0.3) is 5.91 Å².